The molecular formula is C29H32F6N4O9S2. The van der Waals surface area contributed by atoms with Crippen molar-refractivity contribution in [3.05, 3.63) is 79.9 Å². The normalized spacial score (nSPS) is 20.1. The number of benzene rings is 2. The summed E-state index contributed by atoms with van der Waals surface area (Å²) < 4.78 is 136. The molecule has 0 saturated carbocycles. The highest BCUT2D eigenvalue weighted by atomic mass is 32.2. The van der Waals surface area contributed by atoms with Crippen LogP contribution < -0.4 is 11.0 Å². The van der Waals surface area contributed by atoms with Crippen LogP contribution in [-0.2, 0) is 58.9 Å². The molecule has 0 radical (unpaired) electrons. The molecule has 5 rings (SSSR count). The molecule has 1 aromatic heterocycles. The quantitative estimate of drug-likeness (QED) is 0.232. The number of hydrogen-bond acceptors (Lipinski definition) is 10. The number of methoxy groups -OCH3 is 1. The van der Waals surface area contributed by atoms with Gasteiger partial charge in [0.25, 0.3) is 11.2 Å². The topological polar surface area (TPSA) is 178 Å². The number of rotatable bonds is 5. The molecule has 0 aliphatic carbocycles. The van der Waals surface area contributed by atoms with E-state index in [1.165, 1.54) is 21.2 Å². The highest BCUT2D eigenvalue weighted by Crippen LogP contribution is 2.59. The molecule has 0 bridgehead atoms. The maximum atomic E-state index is 13.0. The Balaban J connectivity index is 0.000000335. The number of fused-ring (bicyclic) bond motifs is 1. The van der Waals surface area contributed by atoms with E-state index in [4.69, 9.17) is 9.47 Å². The van der Waals surface area contributed by atoms with Gasteiger partial charge in [-0.1, -0.05) is 27.0 Å². The minimum atomic E-state index is -4.74. The first kappa shape index (κ1) is 41.8. The standard InChI is InChI=1S/C14H13F3N2O5S.C13H11F3N2O4S.2CH4/c1-19-11(20)13(23-2)12(24-13,7-18-19)9-5-4-8(14(15,16)17)6-10(9)25(3,21)22;1-18-12(20)11(19)9(6-17-18)8-4-3-7(13(14,15)16)5-10(8)23(2,21)22;;/h4-7H,1-3H3;3-6,17H,1-2H3;2*1H4. The monoisotopic (exact) mass is 758 g/mol. The molecule has 1 saturated heterocycles. The van der Waals surface area contributed by atoms with Gasteiger partial charge in [-0.3, -0.25) is 19.1 Å². The molecule has 0 spiro atoms. The number of aromatic amines is 1. The first-order valence-corrected chi connectivity index (χ1v) is 16.8. The van der Waals surface area contributed by atoms with E-state index in [2.05, 4.69) is 10.2 Å². The van der Waals surface area contributed by atoms with Crippen LogP contribution in [0.4, 0.5) is 26.3 Å². The molecule has 50 heavy (non-hydrogen) atoms. The highest BCUT2D eigenvalue weighted by molar-refractivity contribution is 7.91. The number of halogens is 6. The summed E-state index contributed by atoms with van der Waals surface area (Å²) in [5.41, 5.74) is -6.70. The summed E-state index contributed by atoms with van der Waals surface area (Å²) in [6.07, 6.45) is -5.75. The first-order valence-electron chi connectivity index (χ1n) is 13.0. The number of alkyl halides is 6. The first-order chi connectivity index (χ1) is 21.8. The van der Waals surface area contributed by atoms with Crippen LogP contribution in [0, 0.1) is 0 Å². The molecule has 1 fully saturated rings. The van der Waals surface area contributed by atoms with Crippen LogP contribution in [0.5, 0.6) is 0 Å². The predicted octanol–water partition coefficient (Wildman–Crippen LogP) is 3.57. The van der Waals surface area contributed by atoms with Gasteiger partial charge in [0, 0.05) is 51.0 Å². The summed E-state index contributed by atoms with van der Waals surface area (Å²) >= 11 is 0. The maximum absolute atomic E-state index is 13.0. The lowest BCUT2D eigenvalue weighted by molar-refractivity contribution is -0.153. The van der Waals surface area contributed by atoms with Gasteiger partial charge in [-0.25, -0.2) is 21.8 Å². The van der Waals surface area contributed by atoms with Crippen LogP contribution in [0.2, 0.25) is 0 Å². The number of ether oxygens (including phenoxy) is 2. The van der Waals surface area contributed by atoms with Gasteiger partial charge >= 0.3 is 23.8 Å². The number of likely N-dealkylation sites (N-methyl/N-ethyl adjacent to an activating group) is 1. The largest absolute Gasteiger partial charge is 0.416 e. The van der Waals surface area contributed by atoms with Crippen LogP contribution >= 0.6 is 0 Å². The summed E-state index contributed by atoms with van der Waals surface area (Å²) in [4.78, 5) is 34.7. The number of aryl methyl sites for hydroxylation is 1. The summed E-state index contributed by atoms with van der Waals surface area (Å²) in [7, 11) is -4.34. The van der Waals surface area contributed by atoms with Crippen LogP contribution in [0.1, 0.15) is 31.5 Å². The van der Waals surface area contributed by atoms with Crippen LogP contribution in [0.3, 0.4) is 0 Å². The average Bonchev–Trinajstić information content (AvgIpc) is 3.67. The lowest BCUT2D eigenvalue weighted by Gasteiger charge is -2.24. The van der Waals surface area contributed by atoms with Crippen molar-refractivity contribution in [2.24, 2.45) is 12.1 Å². The smallest absolute Gasteiger partial charge is 0.343 e. The number of hydrogen-bond donors (Lipinski definition) is 1. The summed E-state index contributed by atoms with van der Waals surface area (Å²) in [6, 6.07) is 4.16. The Morgan fingerprint density at radius 3 is 1.80 bits per heavy atom. The van der Waals surface area contributed by atoms with Gasteiger partial charge < -0.3 is 14.6 Å². The van der Waals surface area contributed by atoms with Crippen molar-refractivity contribution in [1.29, 1.82) is 0 Å². The van der Waals surface area contributed by atoms with Gasteiger partial charge in [0.2, 0.25) is 0 Å². The number of amides is 1. The lowest BCUT2D eigenvalue weighted by Crippen LogP contribution is -2.46. The zero-order valence-electron chi connectivity index (χ0n) is 25.2. The van der Waals surface area contributed by atoms with Gasteiger partial charge in [-0.15, -0.1) is 0 Å². The molecule has 21 heteroatoms. The minimum Gasteiger partial charge on any atom is -0.343 e. The van der Waals surface area contributed by atoms with Crippen molar-refractivity contribution < 1.29 is 57.4 Å². The lowest BCUT2D eigenvalue weighted by atomic mass is 9.91. The number of epoxide rings is 1. The van der Waals surface area contributed by atoms with E-state index in [0.29, 0.717) is 18.2 Å². The number of carbonyl (C=O) groups is 1. The molecule has 2 unspecified atom stereocenters. The Bertz CT molecular complexity index is 2200. The van der Waals surface area contributed by atoms with E-state index in [1.807, 2.05) is 0 Å². The number of sulfone groups is 2. The molecule has 3 aromatic rings. The average molecular weight is 759 g/mol. The Morgan fingerprint density at radius 1 is 0.820 bits per heavy atom. The SMILES string of the molecule is C.C.COC12OC1(c1ccc(C(F)(F)F)cc1S(C)(=O)=O)C=NN(C)C2=O.Cn1[nH]cc(-c2ccc(C(F)(F)F)cc2S(C)(=O)=O)c(=O)c1=O. The van der Waals surface area contributed by atoms with Gasteiger partial charge in [-0.05, 0) is 24.3 Å². The minimum absolute atomic E-state index is 0. The zero-order valence-corrected chi connectivity index (χ0v) is 26.9. The number of aromatic nitrogens is 2. The molecule has 3 heterocycles. The fraction of sp³-hybridized carbons (Fsp3) is 0.379. The van der Waals surface area contributed by atoms with E-state index in [-0.39, 0.29) is 31.5 Å². The van der Waals surface area contributed by atoms with Crippen LogP contribution in [0.25, 0.3) is 11.1 Å². The molecule has 2 aliphatic rings. The summed E-state index contributed by atoms with van der Waals surface area (Å²) in [6.45, 7) is 0. The third-order valence-electron chi connectivity index (χ3n) is 7.28. The number of nitrogens with zero attached hydrogens (tertiary/aromatic N) is 3. The number of H-pyrrole nitrogens is 1. The Hall–Kier alpha value is -4.34. The number of carbonyl (C=O) groups excluding carboxylic acids is 1. The molecule has 13 nitrogen and oxygen atoms in total. The van der Waals surface area contributed by atoms with Gasteiger partial charge in [0.15, 0.2) is 25.3 Å². The maximum Gasteiger partial charge on any atom is 0.416 e. The Labute approximate surface area is 281 Å². The Morgan fingerprint density at radius 2 is 1.32 bits per heavy atom. The van der Waals surface area contributed by atoms with Gasteiger partial charge in [0.1, 0.15) is 0 Å². The third kappa shape index (κ3) is 7.25. The van der Waals surface area contributed by atoms with Crippen molar-refractivity contribution in [3.63, 3.8) is 0 Å². The molecule has 1 N–H and O–H groups in total. The van der Waals surface area contributed by atoms with E-state index >= 15 is 0 Å². The van der Waals surface area contributed by atoms with Crippen molar-refractivity contribution in [2.45, 2.75) is 48.4 Å². The number of nitrogens with one attached hydrogen (secondary N) is 1. The van der Waals surface area contributed by atoms with E-state index in [1.54, 1.807) is 0 Å². The number of hydrazone groups is 1. The second kappa shape index (κ2) is 13.4. The van der Waals surface area contributed by atoms with Gasteiger partial charge in [0.05, 0.1) is 32.7 Å². The molecule has 2 aromatic carbocycles. The fourth-order valence-corrected chi connectivity index (χ4v) is 6.70. The molecule has 1 amide bonds. The predicted molar refractivity (Wildman–Crippen MR) is 168 cm³/mol. The second-order valence-electron chi connectivity index (χ2n) is 10.6. The molecule has 276 valence electrons. The third-order valence-corrected chi connectivity index (χ3v) is 9.55. The Kier molecular flexibility index (Phi) is 11.2. The van der Waals surface area contributed by atoms with E-state index < -0.39 is 81.2 Å². The fourth-order valence-electron chi connectivity index (χ4n) is 4.82. The van der Waals surface area contributed by atoms with Gasteiger partial charge in [-0.2, -0.15) is 31.4 Å². The molecular weight excluding hydrogens is 726 g/mol. The molecule has 2 atom stereocenters. The van der Waals surface area contributed by atoms with Crippen LogP contribution in [-0.4, -0.2) is 76.2 Å². The zero-order chi connectivity index (χ0) is 36.4. The second-order valence-corrected chi connectivity index (χ2v) is 14.5. The van der Waals surface area contributed by atoms with Crippen molar-refractivity contribution in [3.8, 4) is 11.1 Å². The summed E-state index contributed by atoms with van der Waals surface area (Å²) in [5.74, 6) is -2.56. The van der Waals surface area contributed by atoms with E-state index in [9.17, 15) is 57.6 Å². The summed E-state index contributed by atoms with van der Waals surface area (Å²) in [5, 5.41) is 7.17. The molecule has 2 aliphatic heterocycles. The van der Waals surface area contributed by atoms with Crippen LogP contribution in [0.15, 0.2) is 67.1 Å². The van der Waals surface area contributed by atoms with Crippen molar-refractivity contribution in [2.75, 3.05) is 26.7 Å². The highest BCUT2D eigenvalue weighted by Gasteiger charge is 2.80. The van der Waals surface area contributed by atoms with Crippen molar-refractivity contribution >= 4 is 31.8 Å². The van der Waals surface area contributed by atoms with E-state index in [0.717, 1.165) is 52.8 Å². The van der Waals surface area contributed by atoms with Crippen molar-refractivity contribution in [1.82, 2.24) is 14.8 Å².